The summed E-state index contributed by atoms with van der Waals surface area (Å²) in [7, 11) is 0. The largest absolute Gasteiger partial charge is 0.444 e. The molecule has 4 heterocycles. The van der Waals surface area contributed by atoms with E-state index in [0.717, 1.165) is 0 Å². The summed E-state index contributed by atoms with van der Waals surface area (Å²) in [6.45, 7) is 1.04. The summed E-state index contributed by atoms with van der Waals surface area (Å²) in [6, 6.07) is 1.66. The Balaban J connectivity index is 1.90. The van der Waals surface area contributed by atoms with Crippen LogP contribution in [0.5, 0.6) is 0 Å². The van der Waals surface area contributed by atoms with Crippen LogP contribution in [0.25, 0.3) is 27.4 Å². The standard InChI is InChI=1S/C15H16N8O4/c1-7-11(25)12(27-15(7,5-24)21-22-17)9-4-8(14-18-2-3-26-14)10-13(16)19-6-20-23(9)10/h2-4,6-7,11-12,24-25H,5H2,1H3,(H2,16,19,20)/t7-,11-,12-,15+/m0/s1. The van der Waals surface area contributed by atoms with E-state index in [2.05, 4.69) is 25.1 Å². The van der Waals surface area contributed by atoms with Crippen molar-refractivity contribution < 1.29 is 19.4 Å². The fraction of sp³-hybridized carbons (Fsp3) is 0.400. The maximum absolute atomic E-state index is 10.7. The highest BCUT2D eigenvalue weighted by atomic mass is 16.6. The highest BCUT2D eigenvalue weighted by Gasteiger charge is 2.53. The van der Waals surface area contributed by atoms with E-state index < -0.39 is 30.5 Å². The quantitative estimate of drug-likeness (QED) is 0.345. The van der Waals surface area contributed by atoms with E-state index >= 15 is 0 Å². The van der Waals surface area contributed by atoms with Gasteiger partial charge in [0, 0.05) is 10.8 Å². The van der Waals surface area contributed by atoms with Gasteiger partial charge in [-0.25, -0.2) is 14.5 Å². The summed E-state index contributed by atoms with van der Waals surface area (Å²) >= 11 is 0. The molecular formula is C15H16N8O4. The Labute approximate surface area is 151 Å². The number of hydrogen-bond acceptors (Lipinski definition) is 9. The van der Waals surface area contributed by atoms with Crippen molar-refractivity contribution in [2.45, 2.75) is 24.9 Å². The number of fused-ring (bicyclic) bond motifs is 1. The number of aromatic nitrogens is 4. The van der Waals surface area contributed by atoms with Crippen molar-refractivity contribution in [3.63, 3.8) is 0 Å². The van der Waals surface area contributed by atoms with Crippen LogP contribution in [0.4, 0.5) is 5.82 Å². The normalized spacial score (nSPS) is 27.7. The molecule has 1 aliphatic rings. The molecular weight excluding hydrogens is 356 g/mol. The van der Waals surface area contributed by atoms with Gasteiger partial charge in [-0.3, -0.25) is 0 Å². The lowest BCUT2D eigenvalue weighted by Gasteiger charge is -2.24. The molecule has 0 unspecified atom stereocenters. The molecule has 0 saturated carbocycles. The molecule has 27 heavy (non-hydrogen) atoms. The molecule has 12 nitrogen and oxygen atoms in total. The number of anilines is 1. The molecule has 0 amide bonds. The zero-order valence-electron chi connectivity index (χ0n) is 14.2. The molecule has 1 aliphatic heterocycles. The molecule has 4 rings (SSSR count). The maximum Gasteiger partial charge on any atom is 0.228 e. The lowest BCUT2D eigenvalue weighted by molar-refractivity contribution is -0.0882. The molecule has 0 radical (unpaired) electrons. The van der Waals surface area contributed by atoms with E-state index in [-0.39, 0.29) is 5.82 Å². The van der Waals surface area contributed by atoms with Crippen LogP contribution in [0.2, 0.25) is 0 Å². The molecule has 3 aromatic rings. The first-order valence-corrected chi connectivity index (χ1v) is 8.07. The van der Waals surface area contributed by atoms with E-state index in [0.29, 0.717) is 22.7 Å². The molecule has 0 spiro atoms. The van der Waals surface area contributed by atoms with Gasteiger partial charge in [0.15, 0.2) is 11.5 Å². The first-order chi connectivity index (χ1) is 13.0. The minimum absolute atomic E-state index is 0.188. The summed E-state index contributed by atoms with van der Waals surface area (Å²) in [5.74, 6) is -0.184. The van der Waals surface area contributed by atoms with Gasteiger partial charge in [-0.2, -0.15) is 5.10 Å². The monoisotopic (exact) mass is 372 g/mol. The molecule has 0 bridgehead atoms. The average molecular weight is 372 g/mol. The van der Waals surface area contributed by atoms with Gasteiger partial charge in [0.05, 0.1) is 30.2 Å². The number of aliphatic hydroxyl groups excluding tert-OH is 2. The third kappa shape index (κ3) is 2.43. The van der Waals surface area contributed by atoms with Crippen LogP contribution < -0.4 is 5.73 Å². The Morgan fingerprint density at radius 1 is 1.48 bits per heavy atom. The average Bonchev–Trinajstić information content (AvgIpc) is 3.36. The number of nitrogen functional groups attached to an aromatic ring is 1. The van der Waals surface area contributed by atoms with Crippen molar-refractivity contribution in [1.82, 2.24) is 19.6 Å². The molecule has 1 saturated heterocycles. The third-order valence-corrected chi connectivity index (χ3v) is 4.87. The summed E-state index contributed by atoms with van der Waals surface area (Å²) in [5.41, 5.74) is 14.6. The number of oxazole rings is 1. The van der Waals surface area contributed by atoms with Crippen molar-refractivity contribution in [2.24, 2.45) is 11.0 Å². The minimum atomic E-state index is -1.59. The van der Waals surface area contributed by atoms with Crippen molar-refractivity contribution in [2.75, 3.05) is 12.3 Å². The molecule has 1 fully saturated rings. The van der Waals surface area contributed by atoms with Crippen LogP contribution in [0.3, 0.4) is 0 Å². The van der Waals surface area contributed by atoms with Crippen LogP contribution >= 0.6 is 0 Å². The predicted octanol–water partition coefficient (Wildman–Crippen LogP) is 1.03. The van der Waals surface area contributed by atoms with Crippen LogP contribution in [0.15, 0.2) is 34.4 Å². The number of hydrogen-bond donors (Lipinski definition) is 3. The first-order valence-electron chi connectivity index (χ1n) is 8.07. The van der Waals surface area contributed by atoms with Gasteiger partial charge in [0.1, 0.15) is 24.2 Å². The fourth-order valence-electron chi connectivity index (χ4n) is 3.38. The van der Waals surface area contributed by atoms with Crippen molar-refractivity contribution in [3.8, 4) is 11.5 Å². The second-order valence-corrected chi connectivity index (χ2v) is 6.24. The van der Waals surface area contributed by atoms with E-state index in [1.165, 1.54) is 23.3 Å². The van der Waals surface area contributed by atoms with Gasteiger partial charge in [-0.15, -0.1) is 0 Å². The molecule has 3 aromatic heterocycles. The summed E-state index contributed by atoms with van der Waals surface area (Å²) < 4.78 is 12.7. The number of azide groups is 1. The van der Waals surface area contributed by atoms with Gasteiger partial charge in [-0.1, -0.05) is 12.0 Å². The lowest BCUT2D eigenvalue weighted by Crippen LogP contribution is -2.37. The molecule has 4 N–H and O–H groups in total. The minimum Gasteiger partial charge on any atom is -0.444 e. The number of nitrogens with two attached hydrogens (primary N) is 1. The second kappa shape index (κ2) is 6.21. The Kier molecular flexibility index (Phi) is 3.97. The second-order valence-electron chi connectivity index (χ2n) is 6.24. The van der Waals surface area contributed by atoms with E-state index in [9.17, 15) is 10.2 Å². The van der Waals surface area contributed by atoms with E-state index in [4.69, 9.17) is 20.4 Å². The van der Waals surface area contributed by atoms with Crippen molar-refractivity contribution in [3.05, 3.63) is 41.0 Å². The number of nitrogens with zero attached hydrogens (tertiary/aromatic N) is 7. The SMILES string of the molecule is C[C@H]1[C@H](O)[C@H](c2cc(-c3ncco3)c3c(N)ncnn23)O[C@@]1(CO)N=[N+]=[N-]. The molecule has 12 heteroatoms. The molecule has 0 aromatic carbocycles. The van der Waals surface area contributed by atoms with Crippen LogP contribution in [-0.2, 0) is 4.74 Å². The number of aliphatic hydroxyl groups is 2. The molecule has 4 atom stereocenters. The van der Waals surface area contributed by atoms with Gasteiger partial charge < -0.3 is 25.1 Å². The summed E-state index contributed by atoms with van der Waals surface area (Å²) in [5, 5.41) is 28.2. The Bertz CT molecular complexity index is 1030. The Morgan fingerprint density at radius 3 is 2.96 bits per heavy atom. The highest BCUT2D eigenvalue weighted by molar-refractivity contribution is 5.85. The summed E-state index contributed by atoms with van der Waals surface area (Å²) in [6.07, 6.45) is 2.15. The van der Waals surface area contributed by atoms with Gasteiger partial charge >= 0.3 is 0 Å². The van der Waals surface area contributed by atoms with Crippen LogP contribution in [0.1, 0.15) is 18.7 Å². The Hall–Kier alpha value is -3.18. The zero-order valence-corrected chi connectivity index (χ0v) is 14.2. The molecule has 0 aliphatic carbocycles. The zero-order chi connectivity index (χ0) is 19.2. The predicted molar refractivity (Wildman–Crippen MR) is 90.9 cm³/mol. The van der Waals surface area contributed by atoms with Crippen molar-refractivity contribution >= 4 is 11.3 Å². The van der Waals surface area contributed by atoms with E-state index in [1.54, 1.807) is 13.0 Å². The van der Waals surface area contributed by atoms with E-state index in [1.807, 2.05) is 0 Å². The third-order valence-electron chi connectivity index (χ3n) is 4.87. The first kappa shape index (κ1) is 17.2. The smallest absolute Gasteiger partial charge is 0.228 e. The van der Waals surface area contributed by atoms with Crippen LogP contribution in [-0.4, -0.2) is 48.2 Å². The van der Waals surface area contributed by atoms with Gasteiger partial charge in [0.2, 0.25) is 5.89 Å². The maximum atomic E-state index is 10.7. The van der Waals surface area contributed by atoms with Crippen molar-refractivity contribution in [1.29, 1.82) is 0 Å². The Morgan fingerprint density at radius 2 is 2.30 bits per heavy atom. The number of ether oxygens (including phenoxy) is 1. The number of rotatable bonds is 4. The topological polar surface area (TPSA) is 181 Å². The van der Waals surface area contributed by atoms with Gasteiger partial charge in [-0.05, 0) is 11.6 Å². The lowest BCUT2D eigenvalue weighted by atomic mass is 9.93. The fourth-order valence-corrected chi connectivity index (χ4v) is 3.38. The summed E-state index contributed by atoms with van der Waals surface area (Å²) in [4.78, 5) is 10.9. The van der Waals surface area contributed by atoms with Gasteiger partial charge in [0.25, 0.3) is 0 Å². The highest BCUT2D eigenvalue weighted by Crippen LogP contribution is 2.46. The van der Waals surface area contributed by atoms with Crippen LogP contribution in [0, 0.1) is 5.92 Å². The molecule has 140 valence electrons.